The molecule has 1 aromatic heterocycles. The third-order valence-electron chi connectivity index (χ3n) is 6.19. The van der Waals surface area contributed by atoms with Crippen LogP contribution in [0, 0.1) is 23.7 Å². The molecule has 1 heterocycles. The summed E-state index contributed by atoms with van der Waals surface area (Å²) in [4.78, 5) is 23.5. The largest absolute Gasteiger partial charge is 0.478 e. The van der Waals surface area contributed by atoms with Crippen molar-refractivity contribution in [2.75, 3.05) is 11.5 Å². The Morgan fingerprint density at radius 1 is 1.31 bits per heavy atom. The fraction of sp³-hybridized carbons (Fsp3) is 0.714. The van der Waals surface area contributed by atoms with Gasteiger partial charge in [-0.1, -0.05) is 6.92 Å². The van der Waals surface area contributed by atoms with E-state index in [1.165, 1.54) is 61.6 Å². The number of thioether (sulfide) groups is 1. The second-order valence-corrected chi connectivity index (χ2v) is 11.1. The van der Waals surface area contributed by atoms with Gasteiger partial charge in [0.1, 0.15) is 0 Å². The van der Waals surface area contributed by atoms with Crippen LogP contribution in [0.2, 0.25) is 0 Å². The SMILES string of the molecule is C[C@@H](CS)C(=O)OC(CSc1ccsc1)C(=O)O.NC12CC3CC(CC(C3)C1)C2. The zero-order valence-corrected chi connectivity index (χ0v) is 19.3. The Labute approximate surface area is 186 Å². The second kappa shape index (κ2) is 10.1. The third kappa shape index (κ3) is 6.39. The molecule has 29 heavy (non-hydrogen) atoms. The molecule has 0 aliphatic heterocycles. The molecule has 0 amide bonds. The van der Waals surface area contributed by atoms with E-state index in [0.29, 0.717) is 11.3 Å². The van der Waals surface area contributed by atoms with Gasteiger partial charge in [0.15, 0.2) is 0 Å². The van der Waals surface area contributed by atoms with Crippen LogP contribution in [0.1, 0.15) is 45.4 Å². The summed E-state index contributed by atoms with van der Waals surface area (Å²) >= 11 is 6.87. The van der Waals surface area contributed by atoms with Gasteiger partial charge < -0.3 is 15.6 Å². The molecule has 5 rings (SSSR count). The van der Waals surface area contributed by atoms with Gasteiger partial charge in [0.2, 0.25) is 6.10 Å². The highest BCUT2D eigenvalue weighted by atomic mass is 32.2. The van der Waals surface area contributed by atoms with Crippen molar-refractivity contribution in [2.45, 2.75) is 62.0 Å². The van der Waals surface area contributed by atoms with Crippen molar-refractivity contribution in [3.05, 3.63) is 16.8 Å². The number of thiophene rings is 1. The summed E-state index contributed by atoms with van der Waals surface area (Å²) in [5.41, 5.74) is 6.62. The molecule has 2 atom stereocenters. The number of hydrogen-bond donors (Lipinski definition) is 3. The summed E-state index contributed by atoms with van der Waals surface area (Å²) in [6.07, 6.45) is 7.45. The predicted octanol–water partition coefficient (Wildman–Crippen LogP) is 4.32. The number of carboxylic acids is 1. The molecule has 4 aliphatic carbocycles. The van der Waals surface area contributed by atoms with Gasteiger partial charge in [-0.25, -0.2) is 4.79 Å². The lowest BCUT2D eigenvalue weighted by Crippen LogP contribution is -2.55. The van der Waals surface area contributed by atoms with Crippen LogP contribution in [0.25, 0.3) is 0 Å². The topological polar surface area (TPSA) is 89.6 Å². The molecule has 4 saturated carbocycles. The Kier molecular flexibility index (Phi) is 7.98. The standard InChI is InChI=1S/C11H14O4S3.C10H17N/c1-7(4-16)11(14)15-9(10(12)13)6-18-8-2-3-17-5-8;11-10-4-7-1-8(5-10)3-9(2-7)6-10/h2-3,5,7,9,16H,4,6H2,1H3,(H,12,13);7-9H,1-6,11H2/t7-,9?;/m0./s1. The number of carbonyl (C=O) groups is 2. The zero-order valence-electron chi connectivity index (χ0n) is 16.8. The van der Waals surface area contributed by atoms with Gasteiger partial charge in [-0.05, 0) is 67.7 Å². The molecule has 4 fully saturated rings. The fourth-order valence-electron chi connectivity index (χ4n) is 5.17. The minimum Gasteiger partial charge on any atom is -0.478 e. The first kappa shape index (κ1) is 23.0. The third-order valence-corrected chi connectivity index (χ3v) is 8.63. The molecule has 4 aliphatic rings. The molecule has 162 valence electrons. The van der Waals surface area contributed by atoms with E-state index in [9.17, 15) is 9.59 Å². The number of thiol groups is 1. The summed E-state index contributed by atoms with van der Waals surface area (Å²) in [5, 5.41) is 12.8. The van der Waals surface area contributed by atoms with Crippen molar-refractivity contribution in [3.8, 4) is 0 Å². The molecule has 8 heteroatoms. The van der Waals surface area contributed by atoms with Gasteiger partial charge in [-0.15, -0.1) is 11.8 Å². The summed E-state index contributed by atoms with van der Waals surface area (Å²) < 4.78 is 4.96. The van der Waals surface area contributed by atoms with E-state index in [-0.39, 0.29) is 5.75 Å². The monoisotopic (exact) mass is 457 g/mol. The average Bonchev–Trinajstić information content (AvgIpc) is 3.16. The molecule has 0 aromatic carbocycles. The van der Waals surface area contributed by atoms with Crippen LogP contribution in [0.15, 0.2) is 21.7 Å². The molecule has 4 bridgehead atoms. The van der Waals surface area contributed by atoms with Crippen LogP contribution >= 0.6 is 35.7 Å². The Balaban J connectivity index is 0.000000183. The van der Waals surface area contributed by atoms with Gasteiger partial charge in [-0.2, -0.15) is 24.0 Å². The molecule has 1 aromatic rings. The fourth-order valence-corrected chi connectivity index (χ4v) is 7.08. The number of rotatable bonds is 7. The van der Waals surface area contributed by atoms with Gasteiger partial charge in [0, 0.05) is 27.3 Å². The molecule has 1 unspecified atom stereocenters. The van der Waals surface area contributed by atoms with E-state index in [4.69, 9.17) is 15.6 Å². The van der Waals surface area contributed by atoms with Crippen LogP contribution in [-0.2, 0) is 14.3 Å². The van der Waals surface area contributed by atoms with Crippen molar-refractivity contribution in [3.63, 3.8) is 0 Å². The lowest BCUT2D eigenvalue weighted by Gasteiger charge is -2.55. The molecule has 0 spiro atoms. The highest BCUT2D eigenvalue weighted by Gasteiger charge is 2.48. The van der Waals surface area contributed by atoms with Gasteiger partial charge >= 0.3 is 11.9 Å². The Bertz CT molecular complexity index is 659. The normalized spacial score (nSPS) is 31.5. The minimum absolute atomic E-state index is 0.205. The van der Waals surface area contributed by atoms with Crippen LogP contribution in [0.3, 0.4) is 0 Å². The lowest BCUT2D eigenvalue weighted by atomic mass is 9.53. The summed E-state index contributed by atoms with van der Waals surface area (Å²) in [7, 11) is 0. The average molecular weight is 458 g/mol. The predicted molar refractivity (Wildman–Crippen MR) is 121 cm³/mol. The molecule has 0 saturated heterocycles. The van der Waals surface area contributed by atoms with E-state index in [2.05, 4.69) is 12.6 Å². The first-order valence-electron chi connectivity index (χ1n) is 10.3. The van der Waals surface area contributed by atoms with Crippen LogP contribution in [0.5, 0.6) is 0 Å². The van der Waals surface area contributed by atoms with Crippen molar-refractivity contribution >= 4 is 47.7 Å². The summed E-state index contributed by atoms with van der Waals surface area (Å²) in [5.74, 6) is 1.55. The van der Waals surface area contributed by atoms with E-state index in [0.717, 1.165) is 22.6 Å². The molecule has 3 N–H and O–H groups in total. The maximum atomic E-state index is 11.5. The van der Waals surface area contributed by atoms with E-state index in [1.807, 2.05) is 16.8 Å². The molecule has 5 nitrogen and oxygen atoms in total. The maximum Gasteiger partial charge on any atom is 0.345 e. The van der Waals surface area contributed by atoms with Crippen molar-refractivity contribution in [2.24, 2.45) is 29.4 Å². The smallest absolute Gasteiger partial charge is 0.345 e. The quantitative estimate of drug-likeness (QED) is 0.321. The molecular weight excluding hydrogens is 426 g/mol. The van der Waals surface area contributed by atoms with Gasteiger partial charge in [-0.3, -0.25) is 4.79 Å². The van der Waals surface area contributed by atoms with E-state index >= 15 is 0 Å². The maximum absolute atomic E-state index is 11.5. The number of esters is 1. The number of carbonyl (C=O) groups excluding carboxylic acids is 1. The Morgan fingerprint density at radius 3 is 2.31 bits per heavy atom. The first-order valence-corrected chi connectivity index (χ1v) is 12.8. The number of nitrogens with two attached hydrogens (primary N) is 1. The van der Waals surface area contributed by atoms with E-state index < -0.39 is 24.0 Å². The number of hydrogen-bond acceptors (Lipinski definition) is 7. The van der Waals surface area contributed by atoms with E-state index in [1.54, 1.807) is 6.92 Å². The summed E-state index contributed by atoms with van der Waals surface area (Å²) in [6.45, 7) is 1.65. The lowest BCUT2D eigenvalue weighted by molar-refractivity contribution is -0.164. The second-order valence-electron chi connectivity index (χ2n) is 8.90. The van der Waals surface area contributed by atoms with Crippen molar-refractivity contribution in [1.82, 2.24) is 0 Å². The molecular formula is C21H31NO4S3. The van der Waals surface area contributed by atoms with Crippen molar-refractivity contribution < 1.29 is 19.4 Å². The Morgan fingerprint density at radius 2 is 1.90 bits per heavy atom. The number of carboxylic acid groups (broad SMARTS) is 1. The highest BCUT2D eigenvalue weighted by molar-refractivity contribution is 7.99. The van der Waals surface area contributed by atoms with Crippen LogP contribution in [0.4, 0.5) is 0 Å². The molecule has 0 radical (unpaired) electrons. The number of ether oxygens (including phenoxy) is 1. The van der Waals surface area contributed by atoms with Crippen molar-refractivity contribution in [1.29, 1.82) is 0 Å². The Hall–Kier alpha value is -0.700. The van der Waals surface area contributed by atoms with Gasteiger partial charge in [0.25, 0.3) is 0 Å². The minimum atomic E-state index is -1.13. The van der Waals surface area contributed by atoms with Crippen LogP contribution < -0.4 is 5.73 Å². The zero-order chi connectivity index (χ0) is 21.0. The summed E-state index contributed by atoms with van der Waals surface area (Å²) in [6, 6.07) is 1.90. The van der Waals surface area contributed by atoms with Gasteiger partial charge in [0.05, 0.1) is 5.92 Å². The number of aliphatic carboxylic acids is 1. The highest BCUT2D eigenvalue weighted by Crippen LogP contribution is 2.54. The van der Waals surface area contributed by atoms with Crippen LogP contribution in [-0.4, -0.2) is 40.2 Å². The first-order chi connectivity index (χ1) is 13.8.